The Morgan fingerprint density at radius 2 is 1.81 bits per heavy atom. The summed E-state index contributed by atoms with van der Waals surface area (Å²) in [5.74, 6) is 0. The van der Waals surface area contributed by atoms with E-state index in [1.165, 1.54) is 5.56 Å². The zero-order valence-corrected chi connectivity index (χ0v) is 14.1. The van der Waals surface area contributed by atoms with E-state index >= 15 is 0 Å². The molecule has 2 nitrogen and oxygen atoms in total. The highest BCUT2D eigenvalue weighted by molar-refractivity contribution is 6.42. The van der Waals surface area contributed by atoms with E-state index in [-0.39, 0.29) is 6.04 Å². The number of likely N-dealkylation sites (N-methyl/N-ethyl adjacent to an activating group) is 1. The second-order valence-electron chi connectivity index (χ2n) is 5.21. The normalized spacial score (nSPS) is 12.4. The van der Waals surface area contributed by atoms with Crippen molar-refractivity contribution in [3.05, 3.63) is 62.9 Å². The van der Waals surface area contributed by atoms with E-state index in [9.17, 15) is 0 Å². The van der Waals surface area contributed by atoms with Gasteiger partial charge in [0.1, 0.15) is 0 Å². The van der Waals surface area contributed by atoms with E-state index in [4.69, 9.17) is 23.2 Å². The maximum atomic E-state index is 6.32. The maximum Gasteiger partial charge on any atom is 0.0624 e. The second kappa shape index (κ2) is 7.26. The molecule has 0 radical (unpaired) electrons. The minimum absolute atomic E-state index is 0.200. The van der Waals surface area contributed by atoms with E-state index in [2.05, 4.69) is 29.4 Å². The van der Waals surface area contributed by atoms with Crippen LogP contribution in [0.5, 0.6) is 0 Å². The molecule has 0 saturated carbocycles. The third kappa shape index (κ3) is 4.19. The van der Waals surface area contributed by atoms with Crippen molar-refractivity contribution in [3.63, 3.8) is 0 Å². The summed E-state index contributed by atoms with van der Waals surface area (Å²) in [4.78, 5) is 4.44. The molecule has 0 aliphatic heterocycles. The molecule has 21 heavy (non-hydrogen) atoms. The molecule has 1 atom stereocenters. The van der Waals surface area contributed by atoms with Crippen molar-refractivity contribution in [3.8, 4) is 0 Å². The van der Waals surface area contributed by atoms with Gasteiger partial charge in [0, 0.05) is 17.4 Å². The van der Waals surface area contributed by atoms with Gasteiger partial charge in [-0.3, -0.25) is 4.98 Å². The van der Waals surface area contributed by atoms with Crippen LogP contribution in [0.4, 0.5) is 0 Å². The fourth-order valence-corrected chi connectivity index (χ4v) is 2.95. The SMILES string of the molecule is CCNC(Cc1cccc(Cl)c1Cl)c1cc(C)nc(C)c1. The van der Waals surface area contributed by atoms with Crippen LogP contribution in [0, 0.1) is 13.8 Å². The van der Waals surface area contributed by atoms with Crippen LogP contribution in [0.3, 0.4) is 0 Å². The molecule has 2 rings (SSSR count). The molecular formula is C17H20Cl2N2. The smallest absolute Gasteiger partial charge is 0.0624 e. The lowest BCUT2D eigenvalue weighted by atomic mass is 9.98. The standard InChI is InChI=1S/C17H20Cl2N2/c1-4-20-16(14-8-11(2)21-12(3)9-14)10-13-6-5-7-15(18)17(13)19/h5-9,16,20H,4,10H2,1-3H3. The quantitative estimate of drug-likeness (QED) is 0.846. The Labute approximate surface area is 136 Å². The van der Waals surface area contributed by atoms with Gasteiger partial charge in [-0.25, -0.2) is 0 Å². The molecule has 1 aromatic heterocycles. The Hall–Kier alpha value is -1.09. The van der Waals surface area contributed by atoms with Crippen molar-refractivity contribution in [1.82, 2.24) is 10.3 Å². The number of pyridine rings is 1. The minimum Gasteiger partial charge on any atom is -0.310 e. The Morgan fingerprint density at radius 1 is 1.14 bits per heavy atom. The second-order valence-corrected chi connectivity index (χ2v) is 6.00. The van der Waals surface area contributed by atoms with Crippen LogP contribution in [0.2, 0.25) is 10.0 Å². The first-order valence-electron chi connectivity index (χ1n) is 7.12. The predicted octanol–water partition coefficient (Wildman–Crippen LogP) is 4.90. The topological polar surface area (TPSA) is 24.9 Å². The average molecular weight is 323 g/mol. The zero-order chi connectivity index (χ0) is 15.4. The highest BCUT2D eigenvalue weighted by Crippen LogP contribution is 2.29. The van der Waals surface area contributed by atoms with Gasteiger partial charge in [-0.15, -0.1) is 0 Å². The highest BCUT2D eigenvalue weighted by Gasteiger charge is 2.15. The van der Waals surface area contributed by atoms with Crippen LogP contribution < -0.4 is 5.32 Å². The molecule has 0 saturated heterocycles. The third-order valence-electron chi connectivity index (χ3n) is 3.41. The Balaban J connectivity index is 2.32. The number of hydrogen-bond donors (Lipinski definition) is 1. The number of benzene rings is 1. The summed E-state index contributed by atoms with van der Waals surface area (Å²) in [5.41, 5.74) is 4.36. The molecular weight excluding hydrogens is 303 g/mol. The number of rotatable bonds is 5. The van der Waals surface area contributed by atoms with Crippen LogP contribution in [0.1, 0.15) is 35.5 Å². The fourth-order valence-electron chi connectivity index (χ4n) is 2.55. The van der Waals surface area contributed by atoms with Crippen LogP contribution >= 0.6 is 23.2 Å². The number of aromatic nitrogens is 1. The van der Waals surface area contributed by atoms with Crippen molar-refractivity contribution in [2.45, 2.75) is 33.2 Å². The van der Waals surface area contributed by atoms with Gasteiger partial charge in [0.25, 0.3) is 0 Å². The number of nitrogens with zero attached hydrogens (tertiary/aromatic N) is 1. The molecule has 0 aliphatic rings. The number of hydrogen-bond acceptors (Lipinski definition) is 2. The highest BCUT2D eigenvalue weighted by atomic mass is 35.5. The summed E-state index contributed by atoms with van der Waals surface area (Å²) in [7, 11) is 0. The Bertz CT molecular complexity index is 606. The van der Waals surface area contributed by atoms with Crippen molar-refractivity contribution in [1.29, 1.82) is 0 Å². The molecule has 1 unspecified atom stereocenters. The monoisotopic (exact) mass is 322 g/mol. The van der Waals surface area contributed by atoms with Gasteiger partial charge in [-0.2, -0.15) is 0 Å². The van der Waals surface area contributed by atoms with E-state index in [0.29, 0.717) is 10.0 Å². The lowest BCUT2D eigenvalue weighted by Crippen LogP contribution is -2.23. The lowest BCUT2D eigenvalue weighted by Gasteiger charge is -2.20. The predicted molar refractivity (Wildman–Crippen MR) is 90.3 cm³/mol. The summed E-state index contributed by atoms with van der Waals surface area (Å²) < 4.78 is 0. The van der Waals surface area contributed by atoms with Crippen molar-refractivity contribution >= 4 is 23.2 Å². The molecule has 1 aromatic carbocycles. The van der Waals surface area contributed by atoms with Gasteiger partial charge in [0.05, 0.1) is 10.0 Å². The first-order valence-corrected chi connectivity index (χ1v) is 7.88. The summed E-state index contributed by atoms with van der Waals surface area (Å²) in [6.45, 7) is 7.04. The number of halogens is 2. The molecule has 0 fully saturated rings. The summed E-state index contributed by atoms with van der Waals surface area (Å²) in [6, 6.07) is 10.2. The minimum atomic E-state index is 0.200. The van der Waals surface area contributed by atoms with Crippen LogP contribution in [-0.2, 0) is 6.42 Å². The molecule has 0 spiro atoms. The van der Waals surface area contributed by atoms with Gasteiger partial charge >= 0.3 is 0 Å². The molecule has 0 aliphatic carbocycles. The molecule has 4 heteroatoms. The number of nitrogens with one attached hydrogen (secondary N) is 1. The molecule has 2 aromatic rings. The molecule has 1 N–H and O–H groups in total. The van der Waals surface area contributed by atoms with Gasteiger partial charge in [-0.05, 0) is 56.1 Å². The van der Waals surface area contributed by atoms with Gasteiger partial charge in [-0.1, -0.05) is 42.3 Å². The van der Waals surface area contributed by atoms with E-state index in [0.717, 1.165) is 29.9 Å². The fraction of sp³-hybridized carbons (Fsp3) is 0.353. The van der Waals surface area contributed by atoms with Crippen LogP contribution in [-0.4, -0.2) is 11.5 Å². The third-order valence-corrected chi connectivity index (χ3v) is 4.27. The van der Waals surface area contributed by atoms with E-state index in [1.807, 2.05) is 32.0 Å². The van der Waals surface area contributed by atoms with Crippen LogP contribution in [0.25, 0.3) is 0 Å². The summed E-state index contributed by atoms with van der Waals surface area (Å²) >= 11 is 12.4. The lowest BCUT2D eigenvalue weighted by molar-refractivity contribution is 0.548. The molecule has 112 valence electrons. The van der Waals surface area contributed by atoms with Gasteiger partial charge in [0.2, 0.25) is 0 Å². The van der Waals surface area contributed by atoms with Gasteiger partial charge < -0.3 is 5.32 Å². The molecule has 0 amide bonds. The van der Waals surface area contributed by atoms with Crippen molar-refractivity contribution in [2.24, 2.45) is 0 Å². The maximum absolute atomic E-state index is 6.32. The first-order chi connectivity index (χ1) is 10.0. The first kappa shape index (κ1) is 16.3. The zero-order valence-electron chi connectivity index (χ0n) is 12.6. The Kier molecular flexibility index (Phi) is 5.63. The van der Waals surface area contributed by atoms with Crippen molar-refractivity contribution < 1.29 is 0 Å². The molecule has 1 heterocycles. The number of aryl methyl sites for hydroxylation is 2. The van der Waals surface area contributed by atoms with Crippen LogP contribution in [0.15, 0.2) is 30.3 Å². The largest absolute Gasteiger partial charge is 0.310 e. The van der Waals surface area contributed by atoms with Crippen molar-refractivity contribution in [2.75, 3.05) is 6.54 Å². The van der Waals surface area contributed by atoms with E-state index < -0.39 is 0 Å². The summed E-state index contributed by atoms with van der Waals surface area (Å²) in [5, 5.41) is 4.77. The Morgan fingerprint density at radius 3 is 2.43 bits per heavy atom. The summed E-state index contributed by atoms with van der Waals surface area (Å²) in [6.07, 6.45) is 0.802. The van der Waals surface area contributed by atoms with Gasteiger partial charge in [0.15, 0.2) is 0 Å². The molecule has 0 bridgehead atoms. The van der Waals surface area contributed by atoms with E-state index in [1.54, 1.807) is 0 Å². The average Bonchev–Trinajstić information content (AvgIpc) is 2.42.